The van der Waals surface area contributed by atoms with Crippen molar-refractivity contribution >= 4 is 58.4 Å². The Morgan fingerprint density at radius 3 is 1.24 bits per heavy atom. The molecule has 2 aromatic heterocycles. The van der Waals surface area contributed by atoms with Crippen molar-refractivity contribution < 1.29 is 47.1 Å². The molecule has 18 nitrogen and oxygen atoms in total. The van der Waals surface area contributed by atoms with Crippen LogP contribution in [0.2, 0.25) is 0 Å². The smallest absolute Gasteiger partial charge is 0.255 e. The summed E-state index contributed by atoms with van der Waals surface area (Å²) in [4.78, 5) is 122. The fourth-order valence-electron chi connectivity index (χ4n) is 10.6. The Morgan fingerprint density at radius 2 is 0.872 bits per heavy atom. The van der Waals surface area contributed by atoms with Crippen molar-refractivity contribution in [2.75, 3.05) is 37.8 Å². The Morgan fingerprint density at radius 1 is 0.488 bits per heavy atom. The second-order valence-corrected chi connectivity index (χ2v) is 21.5. The van der Waals surface area contributed by atoms with E-state index in [1.807, 2.05) is 0 Å². The van der Waals surface area contributed by atoms with Gasteiger partial charge in [0.15, 0.2) is 11.6 Å². The second kappa shape index (κ2) is 27.8. The Bertz CT molecular complexity index is 3410. The number of halogens is 2. The summed E-state index contributed by atoms with van der Waals surface area (Å²) in [6.07, 6.45) is 8.92. The van der Waals surface area contributed by atoms with E-state index in [0.717, 1.165) is 0 Å². The molecule has 6 atom stereocenters. The lowest BCUT2D eigenvalue weighted by molar-refractivity contribution is -0.137. The van der Waals surface area contributed by atoms with Gasteiger partial charge in [-0.1, -0.05) is 30.3 Å². The van der Waals surface area contributed by atoms with Crippen LogP contribution in [0.25, 0.3) is 0 Å². The van der Waals surface area contributed by atoms with Gasteiger partial charge in [0.05, 0.1) is 24.2 Å². The van der Waals surface area contributed by atoms with Gasteiger partial charge in [-0.15, -0.1) is 0 Å². The van der Waals surface area contributed by atoms with Crippen molar-refractivity contribution in [1.29, 1.82) is 0 Å². The van der Waals surface area contributed by atoms with E-state index in [0.29, 0.717) is 94.7 Å². The predicted molar refractivity (Wildman–Crippen MR) is 319 cm³/mol. The van der Waals surface area contributed by atoms with E-state index >= 15 is 0 Å². The fraction of sp³-hybridized carbons (Fsp3) is 0.273. The van der Waals surface area contributed by atoms with Crippen LogP contribution < -0.4 is 31.9 Å². The summed E-state index contributed by atoms with van der Waals surface area (Å²) in [5, 5.41) is 17.4. The van der Waals surface area contributed by atoms with Gasteiger partial charge in [0.2, 0.25) is 23.6 Å². The second-order valence-electron chi connectivity index (χ2n) is 21.5. The highest BCUT2D eigenvalue weighted by Gasteiger charge is 2.38. The van der Waals surface area contributed by atoms with Crippen LogP contribution in [0.15, 0.2) is 158 Å². The molecule has 5 aromatic carbocycles. The first-order valence-electron chi connectivity index (χ1n) is 28.4. The van der Waals surface area contributed by atoms with E-state index < -0.39 is 59.7 Å². The van der Waals surface area contributed by atoms with E-state index in [1.54, 1.807) is 129 Å². The maximum atomic E-state index is 14.5. The van der Waals surface area contributed by atoms with Gasteiger partial charge in [0.1, 0.15) is 23.7 Å². The van der Waals surface area contributed by atoms with Crippen molar-refractivity contribution in [2.24, 2.45) is 0 Å². The van der Waals surface area contributed by atoms with E-state index in [-0.39, 0.29) is 59.2 Å². The normalized spacial score (nSPS) is 16.1. The molecule has 7 aromatic rings. The number of likely N-dealkylation sites (N-methyl/N-ethyl adjacent to an activating group) is 2. The fourth-order valence-corrected chi connectivity index (χ4v) is 10.6. The molecule has 6 amide bonds. The largest absolute Gasteiger partial charge is 0.343 e. The Balaban J connectivity index is 0.822. The molecule has 2 saturated heterocycles. The van der Waals surface area contributed by atoms with Gasteiger partial charge >= 0.3 is 0 Å². The first kappa shape index (κ1) is 60.9. The monoisotopic (exact) mass is 1160 g/mol. The third kappa shape index (κ3) is 14.8. The first-order chi connectivity index (χ1) is 41.5. The minimum atomic E-state index is -0.973. The van der Waals surface area contributed by atoms with E-state index in [9.17, 15) is 47.1 Å². The molecule has 20 heteroatoms. The molecular formula is C66H66F2N10O8. The molecule has 0 radical (unpaired) electrons. The number of rotatable bonds is 22. The molecule has 2 fully saturated rings. The van der Waals surface area contributed by atoms with Crippen LogP contribution in [0.1, 0.15) is 126 Å². The molecule has 2 unspecified atom stereocenters. The van der Waals surface area contributed by atoms with Gasteiger partial charge in [-0.05, 0) is 179 Å². The minimum absolute atomic E-state index is 0.122. The molecule has 0 aliphatic carbocycles. The van der Waals surface area contributed by atoms with Crippen LogP contribution in [-0.4, -0.2) is 118 Å². The summed E-state index contributed by atoms with van der Waals surface area (Å²) in [5.74, 6) is -3.95. The molecule has 0 spiro atoms. The van der Waals surface area contributed by atoms with Crippen molar-refractivity contribution in [2.45, 2.75) is 88.6 Å². The zero-order chi connectivity index (χ0) is 61.0. The molecule has 9 rings (SSSR count). The summed E-state index contributed by atoms with van der Waals surface area (Å²) >= 11 is 0. The van der Waals surface area contributed by atoms with Gasteiger partial charge in [0, 0.05) is 95.5 Å². The molecule has 0 bridgehead atoms. The van der Waals surface area contributed by atoms with Crippen molar-refractivity contribution in [3.05, 3.63) is 226 Å². The number of nitrogens with zero attached hydrogens (tertiary/aromatic N) is 4. The number of aromatic nitrogens is 2. The predicted octanol–water partition coefficient (Wildman–Crippen LogP) is 7.72. The van der Waals surface area contributed by atoms with Gasteiger partial charge in [-0.25, -0.2) is 8.78 Å². The minimum Gasteiger partial charge on any atom is -0.343 e. The Kier molecular flexibility index (Phi) is 19.7. The summed E-state index contributed by atoms with van der Waals surface area (Å²) < 4.78 is 27.2. The Labute approximate surface area is 496 Å². The number of carbonyl (C=O) groups excluding carboxylic acids is 8. The number of anilines is 2. The zero-order valence-electron chi connectivity index (χ0n) is 47.9. The number of hydrogen-bond acceptors (Lipinski definition) is 12. The van der Waals surface area contributed by atoms with Gasteiger partial charge in [0.25, 0.3) is 11.8 Å². The molecule has 2 aliphatic heterocycles. The number of carbonyl (C=O) groups is 8. The standard InChI is InChI=1S/C66H66F2N10O8/c1-39(69-3)61(81)75-55(65(85)77-28-6-10-57(77)47-33-49(37-71-35-47)59(79)43-16-20-51(67)21-17-43)30-41-12-24-53(25-13-41)73-63(83)45-8-5-9-46(32-45)64(84)74-54-26-14-42(15-27-54)31-56(76-62(82)40(2)70-4)66(86)78-29-7-11-58(78)48-34-50(38-72-36-48)60(80)44-18-22-52(68)23-19-44/h5,8-9,12-27,32-40,55-58,69-70H,6-7,10-11,28-31H2,1-4H3,(H,73,83)(H,74,84)(H,75,81)(H,76,82)/t39-,40-,55?,56?,57-,58-/m0/s1. The maximum Gasteiger partial charge on any atom is 0.255 e. The van der Waals surface area contributed by atoms with Crippen molar-refractivity contribution in [3.63, 3.8) is 0 Å². The summed E-state index contributed by atoms with van der Waals surface area (Å²) in [6.45, 7) is 4.19. The molecular weight excluding hydrogens is 1100 g/mol. The number of pyridine rings is 2. The number of amides is 6. The molecule has 6 N–H and O–H groups in total. The van der Waals surface area contributed by atoms with Gasteiger partial charge in [-0.3, -0.25) is 48.3 Å². The van der Waals surface area contributed by atoms with Gasteiger partial charge < -0.3 is 41.7 Å². The lowest BCUT2D eigenvalue weighted by Gasteiger charge is -2.30. The SMILES string of the molecule is CN[C@@H](C)C(=O)NC(Cc1ccc(NC(=O)c2cccc(C(=O)Nc3ccc(CC(NC(=O)[C@H](C)NC)C(=O)N4CCC[C@H]4c4cncc(C(=O)c5ccc(F)cc5)c4)cc3)c2)cc1)C(=O)N1CCC[C@H]1c1cncc(C(=O)c2ccc(F)cc2)c1. The first-order valence-corrected chi connectivity index (χ1v) is 28.4. The van der Waals surface area contributed by atoms with E-state index in [4.69, 9.17) is 0 Å². The highest BCUT2D eigenvalue weighted by Crippen LogP contribution is 2.35. The number of ketones is 2. The number of hydrogen-bond donors (Lipinski definition) is 6. The highest BCUT2D eigenvalue weighted by molar-refractivity contribution is 6.10. The molecule has 4 heterocycles. The summed E-state index contributed by atoms with van der Waals surface area (Å²) in [6, 6.07) is 29.8. The topological polar surface area (TPSA) is 241 Å². The average molecular weight is 1170 g/mol. The average Bonchev–Trinajstić information content (AvgIpc) is 3.79. The number of benzene rings is 5. The van der Waals surface area contributed by atoms with E-state index in [2.05, 4.69) is 41.9 Å². The molecule has 86 heavy (non-hydrogen) atoms. The van der Waals surface area contributed by atoms with Crippen molar-refractivity contribution in [1.82, 2.24) is 41.0 Å². The lowest BCUT2D eigenvalue weighted by atomic mass is 9.99. The van der Waals surface area contributed by atoms with Crippen molar-refractivity contribution in [3.8, 4) is 0 Å². The highest BCUT2D eigenvalue weighted by atomic mass is 19.1. The summed E-state index contributed by atoms with van der Waals surface area (Å²) in [5.41, 5.74) is 5.19. The number of nitrogens with one attached hydrogen (secondary N) is 6. The van der Waals surface area contributed by atoms with Crippen LogP contribution in [0.4, 0.5) is 20.2 Å². The van der Waals surface area contributed by atoms with Crippen LogP contribution >= 0.6 is 0 Å². The zero-order valence-corrected chi connectivity index (χ0v) is 47.9. The van der Waals surface area contributed by atoms with Crippen LogP contribution in [0.5, 0.6) is 0 Å². The third-order valence-corrected chi connectivity index (χ3v) is 15.7. The maximum absolute atomic E-state index is 14.5. The van der Waals surface area contributed by atoms with Crippen LogP contribution in [-0.2, 0) is 32.0 Å². The molecule has 442 valence electrons. The van der Waals surface area contributed by atoms with Gasteiger partial charge in [-0.2, -0.15) is 0 Å². The summed E-state index contributed by atoms with van der Waals surface area (Å²) in [7, 11) is 3.29. The van der Waals surface area contributed by atoms with Crippen LogP contribution in [0, 0.1) is 11.6 Å². The van der Waals surface area contributed by atoms with E-state index in [1.165, 1.54) is 67.0 Å². The third-order valence-electron chi connectivity index (χ3n) is 15.7. The lowest BCUT2D eigenvalue weighted by Crippen LogP contribution is -2.53. The quantitative estimate of drug-likeness (QED) is 0.0358. The van der Waals surface area contributed by atoms with Crippen LogP contribution in [0.3, 0.4) is 0 Å². The Hall–Kier alpha value is -9.66. The number of likely N-dealkylation sites (tertiary alicyclic amines) is 2. The molecule has 0 saturated carbocycles. The molecule has 2 aliphatic rings.